The highest BCUT2D eigenvalue weighted by Gasteiger charge is 2.23. The number of nitriles is 1. The van der Waals surface area contributed by atoms with Crippen LogP contribution in [0.5, 0.6) is 5.75 Å². The summed E-state index contributed by atoms with van der Waals surface area (Å²) in [7, 11) is 0. The van der Waals surface area contributed by atoms with Gasteiger partial charge >= 0.3 is 0 Å². The summed E-state index contributed by atoms with van der Waals surface area (Å²) in [5.41, 5.74) is 3.30. The van der Waals surface area contributed by atoms with Gasteiger partial charge in [-0.05, 0) is 55.8 Å². The molecular formula is C24H30N4O2. The van der Waals surface area contributed by atoms with Crippen LogP contribution in [0.2, 0.25) is 0 Å². The Labute approximate surface area is 179 Å². The van der Waals surface area contributed by atoms with Crippen LogP contribution in [0.25, 0.3) is 0 Å². The van der Waals surface area contributed by atoms with E-state index in [1.807, 2.05) is 31.2 Å². The summed E-state index contributed by atoms with van der Waals surface area (Å²) in [6.45, 7) is 8.89. The predicted octanol–water partition coefficient (Wildman–Crippen LogP) is 3.46. The first-order valence-electron chi connectivity index (χ1n) is 10.5. The van der Waals surface area contributed by atoms with Crippen molar-refractivity contribution in [3.05, 3.63) is 54.1 Å². The lowest BCUT2D eigenvalue weighted by Gasteiger charge is -2.36. The van der Waals surface area contributed by atoms with E-state index < -0.39 is 0 Å². The molecule has 0 aliphatic carbocycles. The second kappa shape index (κ2) is 10.7. The highest BCUT2D eigenvalue weighted by Crippen LogP contribution is 2.21. The Kier molecular flexibility index (Phi) is 7.69. The Morgan fingerprint density at radius 3 is 2.50 bits per heavy atom. The molecule has 0 unspecified atom stereocenters. The minimum Gasteiger partial charge on any atom is -0.494 e. The van der Waals surface area contributed by atoms with Gasteiger partial charge < -0.3 is 14.5 Å². The molecule has 6 heteroatoms. The zero-order chi connectivity index (χ0) is 21.3. The monoisotopic (exact) mass is 406 g/mol. The van der Waals surface area contributed by atoms with Gasteiger partial charge in [-0.2, -0.15) is 5.26 Å². The molecule has 0 aromatic heterocycles. The van der Waals surface area contributed by atoms with Crippen molar-refractivity contribution in [3.8, 4) is 11.8 Å². The Hall–Kier alpha value is -3.04. The molecule has 158 valence electrons. The topological polar surface area (TPSA) is 59.8 Å². The molecule has 0 spiro atoms. The molecule has 0 saturated carbocycles. The van der Waals surface area contributed by atoms with Gasteiger partial charge in [0.15, 0.2) is 0 Å². The number of piperazine rings is 1. The van der Waals surface area contributed by atoms with Crippen LogP contribution < -0.4 is 14.5 Å². The fraction of sp³-hybridized carbons (Fsp3) is 0.417. The molecule has 1 fully saturated rings. The third kappa shape index (κ3) is 5.74. The number of aryl methyl sites for hydroxylation is 1. The summed E-state index contributed by atoms with van der Waals surface area (Å²) in [5, 5.41) is 9.01. The maximum atomic E-state index is 13.1. The van der Waals surface area contributed by atoms with Crippen LogP contribution in [-0.2, 0) is 4.79 Å². The van der Waals surface area contributed by atoms with Crippen molar-refractivity contribution in [2.75, 3.05) is 55.7 Å². The maximum Gasteiger partial charge on any atom is 0.241 e. The van der Waals surface area contributed by atoms with Gasteiger partial charge in [0.05, 0.1) is 25.6 Å². The van der Waals surface area contributed by atoms with E-state index in [-0.39, 0.29) is 5.91 Å². The first kappa shape index (κ1) is 21.7. The number of carbonyl (C=O) groups is 1. The van der Waals surface area contributed by atoms with Crippen molar-refractivity contribution in [3.63, 3.8) is 0 Å². The molecule has 3 rings (SSSR count). The molecular weight excluding hydrogens is 376 g/mol. The molecule has 2 aromatic carbocycles. The van der Waals surface area contributed by atoms with Crippen LogP contribution >= 0.6 is 0 Å². The van der Waals surface area contributed by atoms with E-state index in [2.05, 4.69) is 47.1 Å². The molecule has 0 N–H and O–H groups in total. The molecule has 0 radical (unpaired) electrons. The van der Waals surface area contributed by atoms with Crippen molar-refractivity contribution >= 4 is 17.3 Å². The number of rotatable bonds is 8. The van der Waals surface area contributed by atoms with E-state index in [0.29, 0.717) is 26.1 Å². The van der Waals surface area contributed by atoms with Crippen molar-refractivity contribution in [1.82, 2.24) is 4.90 Å². The summed E-state index contributed by atoms with van der Waals surface area (Å²) >= 11 is 0. The van der Waals surface area contributed by atoms with E-state index in [9.17, 15) is 4.79 Å². The van der Waals surface area contributed by atoms with Gasteiger partial charge in [0.25, 0.3) is 0 Å². The second-order valence-electron chi connectivity index (χ2n) is 7.48. The van der Waals surface area contributed by atoms with Crippen LogP contribution in [0.3, 0.4) is 0 Å². The lowest BCUT2D eigenvalue weighted by Crippen LogP contribution is -2.50. The van der Waals surface area contributed by atoms with Crippen LogP contribution in [0, 0.1) is 18.3 Å². The van der Waals surface area contributed by atoms with E-state index >= 15 is 0 Å². The average molecular weight is 407 g/mol. The van der Waals surface area contributed by atoms with Crippen molar-refractivity contribution in [2.24, 2.45) is 0 Å². The Balaban J connectivity index is 1.60. The fourth-order valence-electron chi connectivity index (χ4n) is 3.71. The zero-order valence-electron chi connectivity index (χ0n) is 17.9. The van der Waals surface area contributed by atoms with Crippen LogP contribution in [0.15, 0.2) is 48.5 Å². The number of benzene rings is 2. The Morgan fingerprint density at radius 2 is 1.87 bits per heavy atom. The Morgan fingerprint density at radius 1 is 1.13 bits per heavy atom. The van der Waals surface area contributed by atoms with Crippen LogP contribution in [0.4, 0.5) is 11.4 Å². The van der Waals surface area contributed by atoms with Crippen molar-refractivity contribution in [1.29, 1.82) is 5.26 Å². The number of anilines is 2. The first-order chi connectivity index (χ1) is 14.6. The summed E-state index contributed by atoms with van der Waals surface area (Å²) in [6, 6.07) is 18.2. The number of amides is 1. The van der Waals surface area contributed by atoms with Gasteiger partial charge in [-0.15, -0.1) is 0 Å². The molecule has 1 aliphatic heterocycles. The molecule has 1 saturated heterocycles. The van der Waals surface area contributed by atoms with Gasteiger partial charge in [0, 0.05) is 44.1 Å². The minimum atomic E-state index is 0.0263. The molecule has 0 atom stereocenters. The van der Waals surface area contributed by atoms with E-state index in [4.69, 9.17) is 10.00 Å². The van der Waals surface area contributed by atoms with E-state index in [1.54, 1.807) is 4.90 Å². The van der Waals surface area contributed by atoms with Gasteiger partial charge in [0.2, 0.25) is 5.91 Å². The predicted molar refractivity (Wildman–Crippen MR) is 120 cm³/mol. The smallest absolute Gasteiger partial charge is 0.241 e. The van der Waals surface area contributed by atoms with Gasteiger partial charge in [0.1, 0.15) is 5.75 Å². The van der Waals surface area contributed by atoms with Gasteiger partial charge in [-0.1, -0.05) is 12.1 Å². The largest absolute Gasteiger partial charge is 0.494 e. The highest BCUT2D eigenvalue weighted by molar-refractivity contribution is 5.94. The lowest BCUT2D eigenvalue weighted by molar-refractivity contribution is -0.119. The summed E-state index contributed by atoms with van der Waals surface area (Å²) in [6.07, 6.45) is 0.306. The van der Waals surface area contributed by atoms with Crippen LogP contribution in [-0.4, -0.2) is 56.7 Å². The molecule has 1 amide bonds. The molecule has 2 aromatic rings. The standard InChI is InChI=1S/C24H30N4O2/c1-3-30-23-10-8-21(9-11-23)28(13-5-12-25)24(29)19-26-14-16-27(17-15-26)22-7-4-6-20(2)18-22/h4,6-11,18H,3,5,13-17,19H2,1-2H3. The van der Waals surface area contributed by atoms with Crippen LogP contribution in [0.1, 0.15) is 18.9 Å². The Bertz CT molecular complexity index is 868. The van der Waals surface area contributed by atoms with E-state index in [1.165, 1.54) is 11.3 Å². The average Bonchev–Trinajstić information content (AvgIpc) is 2.76. The number of ether oxygens (including phenoxy) is 1. The summed E-state index contributed by atoms with van der Waals surface area (Å²) in [4.78, 5) is 19.3. The van der Waals surface area contributed by atoms with Gasteiger partial charge in [-0.25, -0.2) is 0 Å². The molecule has 6 nitrogen and oxygen atoms in total. The molecule has 0 bridgehead atoms. The maximum absolute atomic E-state index is 13.1. The number of hydrogen-bond donors (Lipinski definition) is 0. The number of hydrogen-bond acceptors (Lipinski definition) is 5. The number of nitrogens with zero attached hydrogens (tertiary/aromatic N) is 4. The second-order valence-corrected chi connectivity index (χ2v) is 7.48. The molecule has 1 aliphatic rings. The minimum absolute atomic E-state index is 0.0263. The van der Waals surface area contributed by atoms with E-state index in [0.717, 1.165) is 37.6 Å². The third-order valence-electron chi connectivity index (χ3n) is 5.31. The SMILES string of the molecule is CCOc1ccc(N(CCC#N)C(=O)CN2CCN(c3cccc(C)c3)CC2)cc1. The quantitative estimate of drug-likeness (QED) is 0.672. The highest BCUT2D eigenvalue weighted by atomic mass is 16.5. The third-order valence-corrected chi connectivity index (χ3v) is 5.31. The lowest BCUT2D eigenvalue weighted by atomic mass is 10.2. The van der Waals surface area contributed by atoms with Gasteiger partial charge in [-0.3, -0.25) is 9.69 Å². The number of carbonyl (C=O) groups excluding carboxylic acids is 1. The first-order valence-corrected chi connectivity index (χ1v) is 10.5. The fourth-order valence-corrected chi connectivity index (χ4v) is 3.71. The van der Waals surface area contributed by atoms with Crippen molar-refractivity contribution < 1.29 is 9.53 Å². The zero-order valence-corrected chi connectivity index (χ0v) is 17.9. The van der Waals surface area contributed by atoms with Crippen molar-refractivity contribution in [2.45, 2.75) is 20.3 Å². The summed E-state index contributed by atoms with van der Waals surface area (Å²) in [5.74, 6) is 0.805. The summed E-state index contributed by atoms with van der Waals surface area (Å²) < 4.78 is 5.49. The molecule has 30 heavy (non-hydrogen) atoms. The normalized spacial score (nSPS) is 14.2. The molecule has 1 heterocycles.